The molecule has 0 atom stereocenters. The maximum absolute atomic E-state index is 12.4. The average molecular weight is 382 g/mol. The molecule has 0 unspecified atom stereocenters. The predicted molar refractivity (Wildman–Crippen MR) is 59.6 cm³/mol. The number of nitrogens with zero attached hydrogens (tertiary/aromatic N) is 1. The summed E-state index contributed by atoms with van der Waals surface area (Å²) in [5, 5.41) is 0.570. The predicted octanol–water partition coefficient (Wildman–Crippen LogP) is 4.17. The molecule has 0 aromatic carbocycles. The van der Waals surface area contributed by atoms with E-state index in [0.29, 0.717) is 14.7 Å². The van der Waals surface area contributed by atoms with Crippen molar-refractivity contribution in [3.05, 3.63) is 26.0 Å². The van der Waals surface area contributed by atoms with Crippen molar-refractivity contribution in [1.82, 2.24) is 4.98 Å². The number of alkyl halides is 3. The molecule has 0 spiro atoms. The molecular formula is C7H4BrClF2IN. The number of hydrogen-bond donors (Lipinski definition) is 0. The first-order chi connectivity index (χ1) is 6.06. The summed E-state index contributed by atoms with van der Waals surface area (Å²) in [7, 11) is 0. The molecule has 0 amide bonds. The average Bonchev–Trinajstić information content (AvgIpc) is 2.08. The Labute approximate surface area is 101 Å². The van der Waals surface area contributed by atoms with Crippen molar-refractivity contribution in [2.45, 2.75) is 11.8 Å². The molecule has 0 radical (unpaired) electrons. The second-order valence-electron chi connectivity index (χ2n) is 2.23. The highest BCUT2D eigenvalue weighted by Gasteiger charge is 2.15. The fourth-order valence-electron chi connectivity index (χ4n) is 0.812. The van der Waals surface area contributed by atoms with Crippen LogP contribution in [0.3, 0.4) is 0 Å². The van der Waals surface area contributed by atoms with Gasteiger partial charge < -0.3 is 0 Å². The quantitative estimate of drug-likeness (QED) is 0.425. The first-order valence-corrected chi connectivity index (χ1v) is 5.83. The first-order valence-electron chi connectivity index (χ1n) is 3.25. The highest BCUT2D eigenvalue weighted by atomic mass is 127. The highest BCUT2D eigenvalue weighted by molar-refractivity contribution is 14.1. The van der Waals surface area contributed by atoms with Crippen LogP contribution in [0.15, 0.2) is 6.07 Å². The Balaban J connectivity index is 3.25. The Bertz CT molecular complexity index is 322. The molecule has 0 aliphatic heterocycles. The third-order valence-electron chi connectivity index (χ3n) is 1.41. The Morgan fingerprint density at radius 1 is 1.62 bits per heavy atom. The van der Waals surface area contributed by atoms with Crippen molar-refractivity contribution in [2.75, 3.05) is 0 Å². The van der Waals surface area contributed by atoms with Crippen LogP contribution in [0.4, 0.5) is 8.78 Å². The van der Waals surface area contributed by atoms with Crippen molar-refractivity contribution in [2.24, 2.45) is 0 Å². The van der Waals surface area contributed by atoms with E-state index in [1.165, 1.54) is 6.07 Å². The van der Waals surface area contributed by atoms with E-state index in [1.807, 2.05) is 22.6 Å². The lowest BCUT2D eigenvalue weighted by atomic mass is 10.2. The Morgan fingerprint density at radius 2 is 2.23 bits per heavy atom. The molecule has 6 heteroatoms. The van der Waals surface area contributed by atoms with Gasteiger partial charge in [-0.1, -0.05) is 27.5 Å². The molecule has 0 saturated carbocycles. The Morgan fingerprint density at radius 3 is 2.69 bits per heavy atom. The summed E-state index contributed by atoms with van der Waals surface area (Å²) in [5.74, 6) is 0. The van der Waals surface area contributed by atoms with Crippen LogP contribution < -0.4 is 0 Å². The topological polar surface area (TPSA) is 12.9 Å². The molecule has 72 valence electrons. The molecule has 1 aromatic heterocycles. The van der Waals surface area contributed by atoms with E-state index in [1.54, 1.807) is 0 Å². The minimum atomic E-state index is -2.53. The molecule has 13 heavy (non-hydrogen) atoms. The van der Waals surface area contributed by atoms with Gasteiger partial charge >= 0.3 is 0 Å². The Kier molecular flexibility index (Phi) is 4.31. The third-order valence-corrected chi connectivity index (χ3v) is 3.37. The van der Waals surface area contributed by atoms with Crippen LogP contribution in [-0.2, 0) is 5.33 Å². The Hall–Kier alpha value is 0.510. The van der Waals surface area contributed by atoms with Gasteiger partial charge in [0, 0.05) is 10.9 Å². The zero-order valence-electron chi connectivity index (χ0n) is 6.20. The molecule has 0 saturated heterocycles. The van der Waals surface area contributed by atoms with E-state index in [9.17, 15) is 8.78 Å². The zero-order chi connectivity index (χ0) is 10.0. The molecule has 0 bridgehead atoms. The van der Waals surface area contributed by atoms with Gasteiger partial charge in [0.1, 0.15) is 3.70 Å². The summed E-state index contributed by atoms with van der Waals surface area (Å²) in [6.07, 6.45) is -2.53. The first kappa shape index (κ1) is 11.6. The molecule has 1 rings (SSSR count). The lowest BCUT2D eigenvalue weighted by Crippen LogP contribution is -1.98. The van der Waals surface area contributed by atoms with E-state index in [4.69, 9.17) is 11.6 Å². The van der Waals surface area contributed by atoms with Gasteiger partial charge in [0.25, 0.3) is 6.43 Å². The minimum absolute atomic E-state index is 0.109. The maximum atomic E-state index is 12.4. The van der Waals surface area contributed by atoms with Gasteiger partial charge in [-0.15, -0.1) is 0 Å². The van der Waals surface area contributed by atoms with Gasteiger partial charge in [-0.05, 0) is 28.7 Å². The van der Waals surface area contributed by atoms with Crippen molar-refractivity contribution in [1.29, 1.82) is 0 Å². The van der Waals surface area contributed by atoms with E-state index in [2.05, 4.69) is 20.9 Å². The van der Waals surface area contributed by atoms with Gasteiger partial charge in [-0.3, -0.25) is 0 Å². The van der Waals surface area contributed by atoms with Crippen LogP contribution in [0.5, 0.6) is 0 Å². The molecular weight excluding hydrogens is 378 g/mol. The molecule has 0 aliphatic carbocycles. The molecule has 1 heterocycles. The standard InChI is InChI=1S/C7H4BrClF2IN/c8-2-5-3(6(10)11)1-4(9)7(12)13-5/h1,6H,2H2. The van der Waals surface area contributed by atoms with Crippen LogP contribution in [0.2, 0.25) is 5.02 Å². The summed E-state index contributed by atoms with van der Waals surface area (Å²) in [6, 6.07) is 1.26. The van der Waals surface area contributed by atoms with E-state index < -0.39 is 6.43 Å². The van der Waals surface area contributed by atoms with E-state index in [-0.39, 0.29) is 10.6 Å². The van der Waals surface area contributed by atoms with Crippen molar-refractivity contribution < 1.29 is 8.78 Å². The lowest BCUT2D eigenvalue weighted by Gasteiger charge is -2.06. The van der Waals surface area contributed by atoms with Crippen molar-refractivity contribution in [3.63, 3.8) is 0 Å². The van der Waals surface area contributed by atoms with Crippen LogP contribution in [-0.4, -0.2) is 4.98 Å². The number of rotatable bonds is 2. The monoisotopic (exact) mass is 381 g/mol. The van der Waals surface area contributed by atoms with E-state index in [0.717, 1.165) is 0 Å². The molecule has 0 N–H and O–H groups in total. The van der Waals surface area contributed by atoms with Gasteiger partial charge in [-0.25, -0.2) is 13.8 Å². The third kappa shape index (κ3) is 2.73. The minimum Gasteiger partial charge on any atom is -0.244 e. The zero-order valence-corrected chi connectivity index (χ0v) is 10.7. The molecule has 0 fully saturated rings. The van der Waals surface area contributed by atoms with Crippen LogP contribution in [0, 0.1) is 3.70 Å². The second-order valence-corrected chi connectivity index (χ2v) is 4.22. The summed E-state index contributed by atoms with van der Waals surface area (Å²) < 4.78 is 25.3. The van der Waals surface area contributed by atoms with Crippen LogP contribution >= 0.6 is 50.1 Å². The van der Waals surface area contributed by atoms with Crippen molar-refractivity contribution in [3.8, 4) is 0 Å². The SMILES string of the molecule is FC(F)c1cc(Cl)c(I)nc1CBr. The maximum Gasteiger partial charge on any atom is 0.265 e. The molecule has 0 aliphatic rings. The highest BCUT2D eigenvalue weighted by Crippen LogP contribution is 2.28. The smallest absolute Gasteiger partial charge is 0.244 e. The van der Waals surface area contributed by atoms with Gasteiger partial charge in [-0.2, -0.15) is 0 Å². The largest absolute Gasteiger partial charge is 0.265 e. The second kappa shape index (κ2) is 4.84. The van der Waals surface area contributed by atoms with Crippen LogP contribution in [0.25, 0.3) is 0 Å². The van der Waals surface area contributed by atoms with Crippen LogP contribution in [0.1, 0.15) is 17.7 Å². The molecule has 1 aromatic rings. The lowest BCUT2D eigenvalue weighted by molar-refractivity contribution is 0.150. The fourth-order valence-corrected chi connectivity index (χ4v) is 1.87. The van der Waals surface area contributed by atoms with E-state index >= 15 is 0 Å². The molecule has 1 nitrogen and oxygen atoms in total. The number of aromatic nitrogens is 1. The number of halogens is 5. The van der Waals surface area contributed by atoms with Gasteiger partial charge in [0.05, 0.1) is 10.7 Å². The number of pyridine rings is 1. The summed E-state index contributed by atoms with van der Waals surface area (Å²) in [4.78, 5) is 3.94. The van der Waals surface area contributed by atoms with Gasteiger partial charge in [0.15, 0.2) is 0 Å². The number of hydrogen-bond acceptors (Lipinski definition) is 1. The summed E-state index contributed by atoms with van der Waals surface area (Å²) in [6.45, 7) is 0. The summed E-state index contributed by atoms with van der Waals surface area (Å²) >= 11 is 10.7. The van der Waals surface area contributed by atoms with Crippen molar-refractivity contribution >= 4 is 50.1 Å². The fraction of sp³-hybridized carbons (Fsp3) is 0.286. The normalized spacial score (nSPS) is 10.9. The summed E-state index contributed by atoms with van der Waals surface area (Å²) in [5.41, 5.74) is 0.228. The van der Waals surface area contributed by atoms with Gasteiger partial charge in [0.2, 0.25) is 0 Å².